The lowest BCUT2D eigenvalue weighted by atomic mass is 10.0. The van der Waals surface area contributed by atoms with E-state index in [-0.39, 0.29) is 5.75 Å². The van der Waals surface area contributed by atoms with Crippen molar-refractivity contribution in [3.63, 3.8) is 0 Å². The van der Waals surface area contributed by atoms with Crippen molar-refractivity contribution in [3.8, 4) is 0 Å². The average molecular weight is 285 g/mol. The van der Waals surface area contributed by atoms with E-state index in [1.165, 1.54) is 18.2 Å². The van der Waals surface area contributed by atoms with Crippen LogP contribution in [0.25, 0.3) is 0 Å². The first-order chi connectivity index (χ1) is 9.15. The second-order valence-corrected chi connectivity index (χ2v) is 5.59. The smallest absolute Gasteiger partial charge is 0.313 e. The number of rotatable bonds is 6. The Bertz CT molecular complexity index is 430. The summed E-state index contributed by atoms with van der Waals surface area (Å²) in [5, 5.41) is 13.6. The van der Waals surface area contributed by atoms with Crippen molar-refractivity contribution in [2.24, 2.45) is 7.05 Å². The molecular weight excluding hydrogens is 266 g/mol. The molecule has 0 aromatic carbocycles. The van der Waals surface area contributed by atoms with E-state index in [1.807, 2.05) is 0 Å². The van der Waals surface area contributed by atoms with Crippen LogP contribution in [0.15, 0.2) is 5.16 Å². The standard InChI is InChI=1S/C12H19N3O3S/c1-15-12(19-8-11(16)17)13-10(14-15)6-5-9-4-2-3-7-18-9/h9H,2-8H2,1H3,(H,16,17). The Kier molecular flexibility index (Phi) is 5.21. The van der Waals surface area contributed by atoms with Crippen LogP contribution < -0.4 is 0 Å². The first-order valence-corrected chi connectivity index (χ1v) is 7.50. The molecule has 19 heavy (non-hydrogen) atoms. The van der Waals surface area contributed by atoms with Crippen LogP contribution in [0, 0.1) is 0 Å². The van der Waals surface area contributed by atoms with E-state index in [0.717, 1.165) is 38.1 Å². The summed E-state index contributed by atoms with van der Waals surface area (Å²) in [6.45, 7) is 0.861. The molecule has 1 atom stereocenters. The number of aliphatic carboxylic acids is 1. The van der Waals surface area contributed by atoms with E-state index < -0.39 is 5.97 Å². The highest BCUT2D eigenvalue weighted by atomic mass is 32.2. The average Bonchev–Trinajstić information content (AvgIpc) is 2.76. The molecule has 1 unspecified atom stereocenters. The third-order valence-electron chi connectivity index (χ3n) is 3.06. The molecule has 106 valence electrons. The highest BCUT2D eigenvalue weighted by Crippen LogP contribution is 2.19. The quantitative estimate of drug-likeness (QED) is 0.798. The van der Waals surface area contributed by atoms with Gasteiger partial charge in [0.05, 0.1) is 11.9 Å². The van der Waals surface area contributed by atoms with Gasteiger partial charge < -0.3 is 9.84 Å². The summed E-state index contributed by atoms with van der Waals surface area (Å²) in [7, 11) is 1.79. The second-order valence-electron chi connectivity index (χ2n) is 4.64. The van der Waals surface area contributed by atoms with E-state index in [1.54, 1.807) is 11.7 Å². The number of carboxylic acids is 1. The third kappa shape index (κ3) is 4.50. The van der Waals surface area contributed by atoms with E-state index >= 15 is 0 Å². The molecule has 1 fully saturated rings. The normalized spacial score (nSPS) is 19.5. The number of aryl methyl sites for hydroxylation is 2. The molecule has 0 saturated carbocycles. The minimum absolute atomic E-state index is 0.0116. The molecule has 0 bridgehead atoms. The Morgan fingerprint density at radius 2 is 2.42 bits per heavy atom. The highest BCUT2D eigenvalue weighted by molar-refractivity contribution is 7.99. The van der Waals surface area contributed by atoms with Crippen LogP contribution in [0.1, 0.15) is 31.5 Å². The van der Waals surface area contributed by atoms with Gasteiger partial charge in [0, 0.05) is 20.1 Å². The van der Waals surface area contributed by atoms with Gasteiger partial charge in [0.25, 0.3) is 0 Å². The van der Waals surface area contributed by atoms with E-state index in [4.69, 9.17) is 9.84 Å². The number of hydrogen-bond acceptors (Lipinski definition) is 5. The molecule has 1 aromatic rings. The Morgan fingerprint density at radius 3 is 3.11 bits per heavy atom. The van der Waals surface area contributed by atoms with Gasteiger partial charge in [-0.15, -0.1) is 0 Å². The minimum Gasteiger partial charge on any atom is -0.481 e. The number of hydrogen-bond donors (Lipinski definition) is 1. The Morgan fingerprint density at radius 1 is 1.58 bits per heavy atom. The molecule has 0 amide bonds. The summed E-state index contributed by atoms with van der Waals surface area (Å²) in [5.41, 5.74) is 0. The number of ether oxygens (including phenoxy) is 1. The summed E-state index contributed by atoms with van der Waals surface area (Å²) in [6, 6.07) is 0. The van der Waals surface area contributed by atoms with Gasteiger partial charge in [0.2, 0.25) is 0 Å². The fourth-order valence-corrected chi connectivity index (χ4v) is 2.75. The number of nitrogens with zero attached hydrogens (tertiary/aromatic N) is 3. The van der Waals surface area contributed by atoms with Crippen LogP contribution in [-0.2, 0) is 23.0 Å². The monoisotopic (exact) mass is 285 g/mol. The van der Waals surface area contributed by atoms with E-state index in [9.17, 15) is 4.79 Å². The maximum Gasteiger partial charge on any atom is 0.313 e. The zero-order valence-corrected chi connectivity index (χ0v) is 11.9. The molecule has 1 N–H and O–H groups in total. The molecule has 6 nitrogen and oxygen atoms in total. The topological polar surface area (TPSA) is 77.2 Å². The van der Waals surface area contributed by atoms with Gasteiger partial charge in [-0.1, -0.05) is 11.8 Å². The van der Waals surface area contributed by atoms with Crippen LogP contribution in [0.3, 0.4) is 0 Å². The van der Waals surface area contributed by atoms with Crippen LogP contribution in [0.4, 0.5) is 0 Å². The van der Waals surface area contributed by atoms with Crippen molar-refractivity contribution in [2.45, 2.75) is 43.4 Å². The van der Waals surface area contributed by atoms with Gasteiger partial charge in [-0.3, -0.25) is 4.79 Å². The van der Waals surface area contributed by atoms with Gasteiger partial charge in [0.15, 0.2) is 11.0 Å². The van der Waals surface area contributed by atoms with Crippen molar-refractivity contribution in [1.82, 2.24) is 14.8 Å². The predicted octanol–water partition coefficient (Wildman–Crippen LogP) is 1.49. The van der Waals surface area contributed by atoms with Crippen molar-refractivity contribution < 1.29 is 14.6 Å². The van der Waals surface area contributed by atoms with Crippen LogP contribution in [0.2, 0.25) is 0 Å². The molecule has 2 heterocycles. The van der Waals surface area contributed by atoms with Gasteiger partial charge in [-0.2, -0.15) is 5.10 Å². The largest absolute Gasteiger partial charge is 0.481 e. The maximum absolute atomic E-state index is 10.5. The molecule has 2 rings (SSSR count). The lowest BCUT2D eigenvalue weighted by Crippen LogP contribution is -2.19. The second kappa shape index (κ2) is 6.91. The van der Waals surface area contributed by atoms with Crippen LogP contribution in [-0.4, -0.2) is 44.3 Å². The van der Waals surface area contributed by atoms with Gasteiger partial charge in [-0.05, 0) is 25.7 Å². The number of aromatic nitrogens is 3. The van der Waals surface area contributed by atoms with Crippen molar-refractivity contribution in [3.05, 3.63) is 5.82 Å². The molecule has 1 saturated heterocycles. The summed E-state index contributed by atoms with van der Waals surface area (Å²) in [4.78, 5) is 14.9. The molecule has 1 aromatic heterocycles. The van der Waals surface area contributed by atoms with Crippen LogP contribution >= 0.6 is 11.8 Å². The van der Waals surface area contributed by atoms with Gasteiger partial charge >= 0.3 is 5.97 Å². The molecule has 1 aliphatic rings. The lowest BCUT2D eigenvalue weighted by molar-refractivity contribution is -0.133. The molecule has 7 heteroatoms. The molecule has 0 spiro atoms. The number of thioether (sulfide) groups is 1. The first kappa shape index (κ1) is 14.3. The fourth-order valence-electron chi connectivity index (χ4n) is 2.10. The Hall–Kier alpha value is -1.08. The van der Waals surface area contributed by atoms with Gasteiger partial charge in [0.1, 0.15) is 0 Å². The lowest BCUT2D eigenvalue weighted by Gasteiger charge is -2.21. The van der Waals surface area contributed by atoms with Crippen molar-refractivity contribution in [2.75, 3.05) is 12.4 Å². The molecule has 0 aliphatic carbocycles. The number of carboxylic acid groups (broad SMARTS) is 1. The maximum atomic E-state index is 10.5. The zero-order valence-electron chi connectivity index (χ0n) is 11.0. The summed E-state index contributed by atoms with van der Waals surface area (Å²) < 4.78 is 7.31. The summed E-state index contributed by atoms with van der Waals surface area (Å²) in [6.07, 6.45) is 5.56. The van der Waals surface area contributed by atoms with Crippen LogP contribution in [0.5, 0.6) is 0 Å². The Labute approximate surface area is 116 Å². The van der Waals surface area contributed by atoms with E-state index in [2.05, 4.69) is 10.1 Å². The minimum atomic E-state index is -0.842. The van der Waals surface area contributed by atoms with Gasteiger partial charge in [-0.25, -0.2) is 9.67 Å². The fraction of sp³-hybridized carbons (Fsp3) is 0.750. The zero-order chi connectivity index (χ0) is 13.7. The Balaban J connectivity index is 1.83. The summed E-state index contributed by atoms with van der Waals surface area (Å²) >= 11 is 1.20. The molecule has 0 radical (unpaired) electrons. The summed E-state index contributed by atoms with van der Waals surface area (Å²) in [5.74, 6) is -0.0627. The molecule has 1 aliphatic heterocycles. The van der Waals surface area contributed by atoms with Crippen molar-refractivity contribution >= 4 is 17.7 Å². The third-order valence-corrected chi connectivity index (χ3v) is 4.06. The van der Waals surface area contributed by atoms with Crippen molar-refractivity contribution in [1.29, 1.82) is 0 Å². The first-order valence-electron chi connectivity index (χ1n) is 6.51. The predicted molar refractivity (Wildman–Crippen MR) is 71.3 cm³/mol. The highest BCUT2D eigenvalue weighted by Gasteiger charge is 2.16. The number of carbonyl (C=O) groups is 1. The SMILES string of the molecule is Cn1nc(CCC2CCCCO2)nc1SCC(=O)O. The molecular formula is C12H19N3O3S. The van der Waals surface area contributed by atoms with E-state index in [0.29, 0.717) is 11.3 Å².